The average Bonchev–Trinajstić information content (AvgIpc) is 2.85. The number of hydrogen-bond donors (Lipinski definition) is 1. The van der Waals surface area contributed by atoms with E-state index in [1.54, 1.807) is 17.0 Å². The lowest BCUT2D eigenvalue weighted by Crippen LogP contribution is -2.31. The first-order valence-corrected chi connectivity index (χ1v) is 6.98. The minimum atomic E-state index is -0.434. The van der Waals surface area contributed by atoms with Crippen LogP contribution in [-0.4, -0.2) is 42.0 Å². The Hall–Kier alpha value is -1.99. The van der Waals surface area contributed by atoms with Gasteiger partial charge in [0.2, 0.25) is 5.91 Å². The van der Waals surface area contributed by atoms with Gasteiger partial charge in [-0.15, -0.1) is 0 Å². The number of carbonyl (C=O) groups is 1. The second kappa shape index (κ2) is 7.14. The van der Waals surface area contributed by atoms with Crippen LogP contribution < -0.4 is 5.32 Å². The van der Waals surface area contributed by atoms with Crippen LogP contribution >= 0.6 is 0 Å². The number of non-ortho nitro benzene ring substituents is 1. The molecule has 1 saturated heterocycles. The van der Waals surface area contributed by atoms with Crippen molar-refractivity contribution in [3.63, 3.8) is 0 Å². The number of carbonyl (C=O) groups excluding carboxylic acids is 1. The van der Waals surface area contributed by atoms with E-state index in [0.717, 1.165) is 12.0 Å². The number of rotatable bonds is 7. The molecule has 21 heavy (non-hydrogen) atoms. The van der Waals surface area contributed by atoms with Gasteiger partial charge >= 0.3 is 0 Å². The maximum atomic E-state index is 11.9. The monoisotopic (exact) mass is 293 g/mol. The van der Waals surface area contributed by atoms with Gasteiger partial charge in [0.25, 0.3) is 5.69 Å². The molecule has 7 nitrogen and oxygen atoms in total. The Balaban J connectivity index is 2.02. The lowest BCUT2D eigenvalue weighted by Gasteiger charge is -2.24. The van der Waals surface area contributed by atoms with E-state index >= 15 is 0 Å². The first kappa shape index (κ1) is 15.4. The lowest BCUT2D eigenvalue weighted by molar-refractivity contribution is -0.384. The largest absolute Gasteiger partial charge is 0.382 e. The number of ether oxygens (including phenoxy) is 1. The van der Waals surface area contributed by atoms with Gasteiger partial charge in [-0.2, -0.15) is 0 Å². The van der Waals surface area contributed by atoms with E-state index in [4.69, 9.17) is 4.74 Å². The van der Waals surface area contributed by atoms with Crippen molar-refractivity contribution in [2.24, 2.45) is 0 Å². The zero-order valence-corrected chi connectivity index (χ0v) is 11.9. The van der Waals surface area contributed by atoms with Crippen LogP contribution in [0.1, 0.15) is 25.1 Å². The van der Waals surface area contributed by atoms with Gasteiger partial charge in [0.15, 0.2) is 0 Å². The third kappa shape index (κ3) is 3.77. The molecule has 0 radical (unpaired) electrons. The summed E-state index contributed by atoms with van der Waals surface area (Å²) in [7, 11) is 0. The van der Waals surface area contributed by atoms with E-state index in [1.165, 1.54) is 12.1 Å². The third-order valence-corrected chi connectivity index (χ3v) is 3.39. The average molecular weight is 293 g/mol. The molecule has 0 aliphatic carbocycles. The summed E-state index contributed by atoms with van der Waals surface area (Å²) in [6.45, 7) is 4.11. The van der Waals surface area contributed by atoms with Crippen molar-refractivity contribution in [1.82, 2.24) is 10.2 Å². The normalized spacial score (nSPS) is 18.2. The van der Waals surface area contributed by atoms with E-state index in [9.17, 15) is 14.9 Å². The molecule has 0 spiro atoms. The molecule has 1 heterocycles. The Morgan fingerprint density at radius 1 is 1.43 bits per heavy atom. The van der Waals surface area contributed by atoms with Crippen LogP contribution in [-0.2, 0) is 9.53 Å². The highest BCUT2D eigenvalue weighted by Crippen LogP contribution is 2.24. The van der Waals surface area contributed by atoms with Gasteiger partial charge in [0, 0.05) is 31.9 Å². The molecule has 1 aliphatic rings. The van der Waals surface area contributed by atoms with E-state index in [1.807, 2.05) is 6.92 Å². The van der Waals surface area contributed by atoms with Crippen LogP contribution in [0.5, 0.6) is 0 Å². The predicted molar refractivity (Wildman–Crippen MR) is 76.7 cm³/mol. The van der Waals surface area contributed by atoms with E-state index in [-0.39, 0.29) is 24.3 Å². The van der Waals surface area contributed by atoms with E-state index in [0.29, 0.717) is 19.8 Å². The third-order valence-electron chi connectivity index (χ3n) is 3.39. The molecule has 1 amide bonds. The molecular weight excluding hydrogens is 274 g/mol. The van der Waals surface area contributed by atoms with Crippen molar-refractivity contribution >= 4 is 11.6 Å². The molecule has 114 valence electrons. The standard InChI is InChI=1S/C14H19N3O4/c1-2-21-9-3-8-16-13(18)10-15-14(16)11-4-6-12(7-5-11)17(19)20/h4-7,14-15H,2-3,8-10H2,1H3. The summed E-state index contributed by atoms with van der Waals surface area (Å²) in [6, 6.07) is 6.28. The highest BCUT2D eigenvalue weighted by atomic mass is 16.6. The zero-order valence-electron chi connectivity index (χ0n) is 11.9. The maximum absolute atomic E-state index is 11.9. The van der Waals surface area contributed by atoms with Gasteiger partial charge in [0.05, 0.1) is 11.5 Å². The molecule has 1 aliphatic heterocycles. The summed E-state index contributed by atoms with van der Waals surface area (Å²) in [5.74, 6) is 0.0369. The number of amides is 1. The van der Waals surface area contributed by atoms with Crippen LogP contribution in [0.15, 0.2) is 24.3 Å². The minimum Gasteiger partial charge on any atom is -0.382 e. The number of nitrogens with zero attached hydrogens (tertiary/aromatic N) is 2. The number of nitrogens with one attached hydrogen (secondary N) is 1. The first-order valence-electron chi connectivity index (χ1n) is 6.98. The molecule has 7 heteroatoms. The summed E-state index contributed by atoms with van der Waals surface area (Å²) < 4.78 is 5.28. The maximum Gasteiger partial charge on any atom is 0.269 e. The van der Waals surface area contributed by atoms with Crippen molar-refractivity contribution < 1.29 is 14.5 Å². The van der Waals surface area contributed by atoms with Crippen molar-refractivity contribution in [3.05, 3.63) is 39.9 Å². The second-order valence-electron chi connectivity index (χ2n) is 4.77. The molecular formula is C14H19N3O4. The van der Waals surface area contributed by atoms with Crippen molar-refractivity contribution in [2.75, 3.05) is 26.3 Å². The molecule has 1 fully saturated rings. The van der Waals surface area contributed by atoms with E-state index < -0.39 is 4.92 Å². The Morgan fingerprint density at radius 2 is 2.14 bits per heavy atom. The van der Waals surface area contributed by atoms with Crippen LogP contribution in [0.25, 0.3) is 0 Å². The fraction of sp³-hybridized carbons (Fsp3) is 0.500. The Morgan fingerprint density at radius 3 is 2.76 bits per heavy atom. The van der Waals surface area contributed by atoms with Gasteiger partial charge in [-0.3, -0.25) is 20.2 Å². The van der Waals surface area contributed by atoms with E-state index in [2.05, 4.69) is 5.32 Å². The summed E-state index contributed by atoms with van der Waals surface area (Å²) in [6.07, 6.45) is 0.546. The summed E-state index contributed by atoms with van der Waals surface area (Å²) in [5.41, 5.74) is 0.897. The van der Waals surface area contributed by atoms with Gasteiger partial charge in [-0.25, -0.2) is 0 Å². The van der Waals surface area contributed by atoms with Gasteiger partial charge in [0.1, 0.15) is 6.17 Å². The number of hydrogen-bond acceptors (Lipinski definition) is 5. The van der Waals surface area contributed by atoms with Crippen molar-refractivity contribution in [1.29, 1.82) is 0 Å². The lowest BCUT2D eigenvalue weighted by atomic mass is 10.1. The summed E-state index contributed by atoms with van der Waals surface area (Å²) >= 11 is 0. The van der Waals surface area contributed by atoms with Gasteiger partial charge in [-0.05, 0) is 31.0 Å². The highest BCUT2D eigenvalue weighted by Gasteiger charge is 2.31. The smallest absolute Gasteiger partial charge is 0.269 e. The van der Waals surface area contributed by atoms with Crippen LogP contribution in [0, 0.1) is 10.1 Å². The molecule has 1 aromatic rings. The molecule has 1 unspecified atom stereocenters. The zero-order chi connectivity index (χ0) is 15.2. The van der Waals surface area contributed by atoms with Gasteiger partial charge in [-0.1, -0.05) is 0 Å². The number of benzene rings is 1. The molecule has 2 rings (SSSR count). The molecule has 0 aromatic heterocycles. The fourth-order valence-electron chi connectivity index (χ4n) is 2.35. The van der Waals surface area contributed by atoms with Crippen LogP contribution in [0.4, 0.5) is 5.69 Å². The van der Waals surface area contributed by atoms with Crippen LogP contribution in [0.3, 0.4) is 0 Å². The quantitative estimate of drug-likeness (QED) is 0.467. The Kier molecular flexibility index (Phi) is 5.24. The first-order chi connectivity index (χ1) is 10.1. The molecule has 0 saturated carbocycles. The van der Waals surface area contributed by atoms with Crippen molar-refractivity contribution in [3.8, 4) is 0 Å². The second-order valence-corrected chi connectivity index (χ2v) is 4.77. The minimum absolute atomic E-state index is 0.0369. The molecule has 1 aromatic carbocycles. The van der Waals surface area contributed by atoms with Gasteiger partial charge < -0.3 is 9.64 Å². The van der Waals surface area contributed by atoms with Crippen LogP contribution in [0.2, 0.25) is 0 Å². The number of nitro benzene ring substituents is 1. The molecule has 0 bridgehead atoms. The number of nitro groups is 1. The fourth-order valence-corrected chi connectivity index (χ4v) is 2.35. The Bertz CT molecular complexity index is 503. The molecule has 1 N–H and O–H groups in total. The highest BCUT2D eigenvalue weighted by molar-refractivity contribution is 5.80. The topological polar surface area (TPSA) is 84.7 Å². The summed E-state index contributed by atoms with van der Waals surface area (Å²) in [5, 5.41) is 13.8. The summed E-state index contributed by atoms with van der Waals surface area (Å²) in [4.78, 5) is 23.9. The predicted octanol–water partition coefficient (Wildman–Crippen LogP) is 1.45. The Labute approximate surface area is 123 Å². The SMILES string of the molecule is CCOCCCN1C(=O)CNC1c1ccc([N+](=O)[O-])cc1. The molecule has 1 atom stereocenters. The van der Waals surface area contributed by atoms with Crippen molar-refractivity contribution in [2.45, 2.75) is 19.5 Å².